The van der Waals surface area contributed by atoms with E-state index in [-0.39, 0.29) is 30.1 Å². The van der Waals surface area contributed by atoms with E-state index >= 15 is 0 Å². The molecule has 0 bridgehead atoms. The molecule has 1 saturated heterocycles. The molecule has 0 unspecified atom stereocenters. The minimum Gasteiger partial charge on any atom is -0.508 e. The summed E-state index contributed by atoms with van der Waals surface area (Å²) in [6, 6.07) is 12.2. The van der Waals surface area contributed by atoms with Crippen molar-refractivity contribution in [3.63, 3.8) is 0 Å². The molecule has 2 aromatic carbocycles. The number of fused-ring (bicyclic) bond motifs is 1. The Morgan fingerprint density at radius 1 is 1.07 bits per heavy atom. The van der Waals surface area contributed by atoms with Gasteiger partial charge in [0.25, 0.3) is 5.91 Å². The van der Waals surface area contributed by atoms with E-state index in [1.807, 2.05) is 22.0 Å². The zero-order chi connectivity index (χ0) is 30.0. The lowest BCUT2D eigenvalue weighted by Gasteiger charge is -2.31. The van der Waals surface area contributed by atoms with E-state index in [1.165, 1.54) is 23.5 Å². The number of carbonyl (C=O) groups is 1. The molecule has 3 aromatic heterocycles. The van der Waals surface area contributed by atoms with Gasteiger partial charge in [0.05, 0.1) is 30.2 Å². The summed E-state index contributed by atoms with van der Waals surface area (Å²) in [5, 5.41) is 17.6. The van der Waals surface area contributed by atoms with Gasteiger partial charge in [-0.05, 0) is 36.4 Å². The minimum absolute atomic E-state index is 0.0381. The van der Waals surface area contributed by atoms with Crippen LogP contribution in [0.25, 0.3) is 27.6 Å². The Morgan fingerprint density at radius 2 is 1.91 bits per heavy atom. The highest BCUT2D eigenvalue weighted by molar-refractivity contribution is 7.15. The SMILES string of the molecule is O=C(NCCNc1nccc(-c2c(-c3cccc(O)c3)nc3sccn23)n1)c1ccc(N2CCOCC2)c(C(F)(F)F)c1. The van der Waals surface area contributed by atoms with Gasteiger partial charge in [-0.25, -0.2) is 15.0 Å². The molecule has 1 aliphatic heterocycles. The topological polar surface area (TPSA) is 117 Å². The van der Waals surface area contributed by atoms with E-state index in [4.69, 9.17) is 9.72 Å². The second-order valence-corrected chi connectivity index (χ2v) is 10.6. The highest BCUT2D eigenvalue weighted by atomic mass is 32.1. The van der Waals surface area contributed by atoms with Gasteiger partial charge in [0.15, 0.2) is 4.96 Å². The number of amides is 1. The number of imidazole rings is 1. The van der Waals surface area contributed by atoms with Crippen LogP contribution in [0.1, 0.15) is 15.9 Å². The van der Waals surface area contributed by atoms with Crippen LogP contribution in [0, 0.1) is 0 Å². The van der Waals surface area contributed by atoms with Crippen molar-refractivity contribution in [1.82, 2.24) is 24.7 Å². The summed E-state index contributed by atoms with van der Waals surface area (Å²) in [5.41, 5.74) is 1.80. The fraction of sp³-hybridized carbons (Fsp3) is 0.241. The first kappa shape index (κ1) is 28.4. The normalized spacial score (nSPS) is 13.8. The van der Waals surface area contributed by atoms with Gasteiger partial charge < -0.3 is 25.4 Å². The van der Waals surface area contributed by atoms with Crippen molar-refractivity contribution in [3.8, 4) is 28.4 Å². The van der Waals surface area contributed by atoms with Gasteiger partial charge in [-0.15, -0.1) is 11.3 Å². The van der Waals surface area contributed by atoms with Crippen LogP contribution >= 0.6 is 11.3 Å². The molecule has 14 heteroatoms. The Hall–Kier alpha value is -4.69. The first-order valence-electron chi connectivity index (χ1n) is 13.4. The van der Waals surface area contributed by atoms with Crippen molar-refractivity contribution in [3.05, 3.63) is 77.4 Å². The van der Waals surface area contributed by atoms with Gasteiger partial charge in [0.1, 0.15) is 11.4 Å². The number of nitrogens with one attached hydrogen (secondary N) is 2. The number of nitrogens with zero attached hydrogens (tertiary/aromatic N) is 5. The van der Waals surface area contributed by atoms with Crippen molar-refractivity contribution in [2.45, 2.75) is 6.18 Å². The fourth-order valence-electron chi connectivity index (χ4n) is 4.90. The molecular formula is C29H26F3N7O3S. The zero-order valence-electron chi connectivity index (χ0n) is 22.6. The molecule has 3 N–H and O–H groups in total. The number of alkyl halides is 3. The number of aromatic nitrogens is 4. The molecule has 6 rings (SSSR count). The highest BCUT2D eigenvalue weighted by Gasteiger charge is 2.36. The number of ether oxygens (including phenoxy) is 1. The van der Waals surface area contributed by atoms with Crippen LogP contribution in [0.3, 0.4) is 0 Å². The summed E-state index contributed by atoms with van der Waals surface area (Å²) in [6.45, 7) is 1.74. The van der Waals surface area contributed by atoms with Gasteiger partial charge in [0, 0.05) is 60.8 Å². The van der Waals surface area contributed by atoms with Crippen molar-refractivity contribution in [2.24, 2.45) is 0 Å². The molecule has 5 aromatic rings. The molecule has 222 valence electrons. The predicted molar refractivity (Wildman–Crippen MR) is 156 cm³/mol. The summed E-state index contributed by atoms with van der Waals surface area (Å²) in [7, 11) is 0. The van der Waals surface area contributed by atoms with E-state index in [2.05, 4.69) is 20.6 Å². The predicted octanol–water partition coefficient (Wildman–Crippen LogP) is 4.92. The summed E-state index contributed by atoms with van der Waals surface area (Å²) >= 11 is 1.47. The maximum atomic E-state index is 13.9. The molecule has 0 atom stereocenters. The maximum absolute atomic E-state index is 13.9. The molecule has 0 aliphatic carbocycles. The second-order valence-electron chi connectivity index (χ2n) is 9.69. The molecule has 10 nitrogen and oxygen atoms in total. The highest BCUT2D eigenvalue weighted by Crippen LogP contribution is 2.38. The standard InChI is InChI=1S/C29H26F3N7O3S/c30-29(31,32)21-17-19(4-5-23(21)38-10-13-42-14-11-38)26(41)33-8-9-35-27-34-7-6-22(36-27)25-24(18-2-1-3-20(40)16-18)37-28-39(25)12-15-43-28/h1-7,12,15-17,40H,8-11,13-14H2,(H,33,41)(H,34,35,36). The molecule has 4 heterocycles. The number of anilines is 2. The van der Waals surface area contributed by atoms with Crippen molar-refractivity contribution in [2.75, 3.05) is 49.6 Å². The number of aromatic hydroxyl groups is 1. The van der Waals surface area contributed by atoms with Crippen LogP contribution in [-0.4, -0.2) is 69.8 Å². The number of morpholine rings is 1. The van der Waals surface area contributed by atoms with Gasteiger partial charge in [0.2, 0.25) is 5.95 Å². The van der Waals surface area contributed by atoms with Crippen LogP contribution in [0.15, 0.2) is 66.3 Å². The van der Waals surface area contributed by atoms with E-state index in [1.54, 1.807) is 35.4 Å². The molecule has 1 fully saturated rings. The quantitative estimate of drug-likeness (QED) is 0.212. The van der Waals surface area contributed by atoms with Crippen LogP contribution in [0.2, 0.25) is 0 Å². The molecule has 0 radical (unpaired) electrons. The summed E-state index contributed by atoms with van der Waals surface area (Å²) < 4.78 is 48.7. The number of phenols is 1. The number of hydrogen-bond acceptors (Lipinski definition) is 9. The molecule has 1 amide bonds. The minimum atomic E-state index is -4.61. The van der Waals surface area contributed by atoms with Crippen molar-refractivity contribution >= 4 is 33.8 Å². The molecule has 0 saturated carbocycles. The number of thiazole rings is 1. The van der Waals surface area contributed by atoms with E-state index in [0.29, 0.717) is 43.6 Å². The summed E-state index contributed by atoms with van der Waals surface area (Å²) in [4.78, 5) is 28.7. The lowest BCUT2D eigenvalue weighted by atomic mass is 10.1. The summed E-state index contributed by atoms with van der Waals surface area (Å²) in [6.07, 6.45) is -1.13. The molecule has 43 heavy (non-hydrogen) atoms. The third-order valence-electron chi connectivity index (χ3n) is 6.89. The monoisotopic (exact) mass is 609 g/mol. The van der Waals surface area contributed by atoms with Gasteiger partial charge >= 0.3 is 6.18 Å². The van der Waals surface area contributed by atoms with Gasteiger partial charge in [-0.2, -0.15) is 13.2 Å². The number of hydrogen-bond donors (Lipinski definition) is 3. The van der Waals surface area contributed by atoms with Crippen LogP contribution < -0.4 is 15.5 Å². The fourth-order valence-corrected chi connectivity index (χ4v) is 5.61. The lowest BCUT2D eigenvalue weighted by Crippen LogP contribution is -2.37. The molecule has 1 aliphatic rings. The van der Waals surface area contributed by atoms with E-state index in [9.17, 15) is 23.1 Å². The van der Waals surface area contributed by atoms with Crippen LogP contribution in [-0.2, 0) is 10.9 Å². The smallest absolute Gasteiger partial charge is 0.418 e. The number of phenolic OH excluding ortho intramolecular Hbond substituents is 1. The number of rotatable bonds is 8. The van der Waals surface area contributed by atoms with Crippen molar-refractivity contribution < 1.29 is 27.8 Å². The Kier molecular flexibility index (Phi) is 7.86. The third kappa shape index (κ3) is 6.10. The summed E-state index contributed by atoms with van der Waals surface area (Å²) in [5.74, 6) is -0.201. The average molecular weight is 610 g/mol. The third-order valence-corrected chi connectivity index (χ3v) is 7.65. The van der Waals surface area contributed by atoms with E-state index < -0.39 is 17.6 Å². The molecule has 0 spiro atoms. The largest absolute Gasteiger partial charge is 0.508 e. The van der Waals surface area contributed by atoms with Crippen molar-refractivity contribution in [1.29, 1.82) is 0 Å². The van der Waals surface area contributed by atoms with Crippen LogP contribution in [0.4, 0.5) is 24.8 Å². The van der Waals surface area contributed by atoms with Gasteiger partial charge in [-0.1, -0.05) is 12.1 Å². The zero-order valence-corrected chi connectivity index (χ0v) is 23.5. The second kappa shape index (κ2) is 11.9. The Bertz CT molecular complexity index is 1770. The average Bonchev–Trinajstić information content (AvgIpc) is 3.61. The van der Waals surface area contributed by atoms with E-state index in [0.717, 1.165) is 22.3 Å². The molecular weight excluding hydrogens is 583 g/mol. The van der Waals surface area contributed by atoms with Gasteiger partial charge in [-0.3, -0.25) is 9.20 Å². The lowest BCUT2D eigenvalue weighted by molar-refractivity contribution is -0.137. The first-order chi connectivity index (χ1) is 20.8. The first-order valence-corrected chi connectivity index (χ1v) is 14.3. The Morgan fingerprint density at radius 3 is 2.70 bits per heavy atom. The van der Waals surface area contributed by atoms with Crippen LogP contribution in [0.5, 0.6) is 5.75 Å². The number of carbonyl (C=O) groups excluding carboxylic acids is 1. The number of benzene rings is 2. The Balaban J connectivity index is 1.13. The Labute approximate surface area is 247 Å². The maximum Gasteiger partial charge on any atom is 0.418 e. The number of halogens is 3.